The maximum atomic E-state index is 13.0. The monoisotopic (exact) mass is 475 g/mol. The number of ether oxygens (including phenoxy) is 1. The summed E-state index contributed by atoms with van der Waals surface area (Å²) < 4.78 is 10.4. The number of carbonyl (C=O) groups excluding carboxylic acids is 4. The Morgan fingerprint density at radius 1 is 0.829 bits per heavy atom. The molecular formula is C26H25N3O6. The molecule has 1 aromatic heterocycles. The summed E-state index contributed by atoms with van der Waals surface area (Å²) in [6.07, 6.45) is 1.44. The summed E-state index contributed by atoms with van der Waals surface area (Å²) in [4.78, 5) is 55.4. The van der Waals surface area contributed by atoms with Crippen molar-refractivity contribution in [3.8, 4) is 0 Å². The van der Waals surface area contributed by atoms with Crippen LogP contribution in [0.25, 0.3) is 0 Å². The molecule has 0 spiro atoms. The Morgan fingerprint density at radius 2 is 1.46 bits per heavy atom. The first-order valence-corrected chi connectivity index (χ1v) is 11.2. The molecule has 1 aliphatic heterocycles. The van der Waals surface area contributed by atoms with Gasteiger partial charge in [0.25, 0.3) is 17.7 Å². The van der Waals surface area contributed by atoms with Gasteiger partial charge in [-0.15, -0.1) is 0 Å². The van der Waals surface area contributed by atoms with Gasteiger partial charge >= 0.3 is 5.97 Å². The van der Waals surface area contributed by atoms with E-state index in [1.165, 1.54) is 17.2 Å². The standard InChI is InChI=1S/C26H25N3O6/c1-27(19-8-3-2-4-9-19)24(31)20-10-5-6-11-21(20)26(33)35-18-23(30)28-13-15-29(16-14-28)25(32)22-12-7-17-34-22/h2-12,17H,13-16,18H2,1H3. The molecule has 2 heterocycles. The smallest absolute Gasteiger partial charge is 0.339 e. The third kappa shape index (κ3) is 5.40. The summed E-state index contributed by atoms with van der Waals surface area (Å²) >= 11 is 0. The predicted octanol–water partition coefficient (Wildman–Crippen LogP) is 2.70. The minimum absolute atomic E-state index is 0.0851. The number of amides is 3. The maximum Gasteiger partial charge on any atom is 0.339 e. The van der Waals surface area contributed by atoms with Gasteiger partial charge in [-0.1, -0.05) is 30.3 Å². The molecule has 3 aromatic rings. The number of piperazine rings is 1. The maximum absolute atomic E-state index is 13.0. The van der Waals surface area contributed by atoms with Gasteiger partial charge < -0.3 is 23.9 Å². The van der Waals surface area contributed by atoms with Gasteiger partial charge in [-0.3, -0.25) is 14.4 Å². The second kappa shape index (κ2) is 10.7. The number of esters is 1. The molecule has 1 aliphatic rings. The number of furan rings is 1. The number of carbonyl (C=O) groups is 4. The van der Waals surface area contributed by atoms with Crippen LogP contribution in [-0.2, 0) is 9.53 Å². The average molecular weight is 476 g/mol. The third-order valence-corrected chi connectivity index (χ3v) is 5.80. The first-order valence-electron chi connectivity index (χ1n) is 11.2. The molecule has 0 radical (unpaired) electrons. The highest BCUT2D eigenvalue weighted by molar-refractivity contribution is 6.12. The van der Waals surface area contributed by atoms with E-state index in [2.05, 4.69) is 0 Å². The van der Waals surface area contributed by atoms with Crippen molar-refractivity contribution in [3.05, 3.63) is 89.9 Å². The summed E-state index contributed by atoms with van der Waals surface area (Å²) in [5.41, 5.74) is 0.948. The molecule has 0 saturated carbocycles. The molecule has 3 amide bonds. The van der Waals surface area contributed by atoms with E-state index in [1.807, 2.05) is 18.2 Å². The van der Waals surface area contributed by atoms with E-state index in [-0.39, 0.29) is 34.6 Å². The molecule has 0 atom stereocenters. The lowest BCUT2D eigenvalue weighted by molar-refractivity contribution is -0.136. The SMILES string of the molecule is CN(C(=O)c1ccccc1C(=O)OCC(=O)N1CCN(C(=O)c2ccco2)CC1)c1ccccc1. The van der Waals surface area contributed by atoms with Gasteiger partial charge in [0, 0.05) is 38.9 Å². The molecule has 35 heavy (non-hydrogen) atoms. The molecule has 1 fully saturated rings. The Labute approximate surface area is 202 Å². The van der Waals surface area contributed by atoms with Crippen LogP contribution in [0, 0.1) is 0 Å². The lowest BCUT2D eigenvalue weighted by atomic mass is 10.1. The predicted molar refractivity (Wildman–Crippen MR) is 127 cm³/mol. The summed E-state index contributed by atoms with van der Waals surface area (Å²) in [6, 6.07) is 18.7. The van der Waals surface area contributed by atoms with Crippen molar-refractivity contribution in [1.29, 1.82) is 0 Å². The fourth-order valence-corrected chi connectivity index (χ4v) is 3.81. The van der Waals surface area contributed by atoms with Gasteiger partial charge in [0.05, 0.1) is 17.4 Å². The van der Waals surface area contributed by atoms with E-state index < -0.39 is 12.6 Å². The Bertz CT molecular complexity index is 1200. The van der Waals surface area contributed by atoms with E-state index in [0.717, 1.165) is 0 Å². The molecule has 1 saturated heterocycles. The van der Waals surface area contributed by atoms with E-state index in [1.54, 1.807) is 59.3 Å². The number of benzene rings is 2. The van der Waals surface area contributed by atoms with Crippen molar-refractivity contribution >= 4 is 29.4 Å². The number of hydrogen-bond donors (Lipinski definition) is 0. The highest BCUT2D eigenvalue weighted by Gasteiger charge is 2.27. The highest BCUT2D eigenvalue weighted by Crippen LogP contribution is 2.18. The zero-order chi connectivity index (χ0) is 24.8. The van der Waals surface area contributed by atoms with Crippen molar-refractivity contribution < 1.29 is 28.3 Å². The quantitative estimate of drug-likeness (QED) is 0.508. The zero-order valence-electron chi connectivity index (χ0n) is 19.3. The minimum atomic E-state index is -0.754. The number of hydrogen-bond acceptors (Lipinski definition) is 6. The van der Waals surface area contributed by atoms with Crippen LogP contribution in [0.5, 0.6) is 0 Å². The van der Waals surface area contributed by atoms with Crippen LogP contribution in [0.3, 0.4) is 0 Å². The fraction of sp³-hybridized carbons (Fsp3) is 0.231. The zero-order valence-corrected chi connectivity index (χ0v) is 19.3. The third-order valence-electron chi connectivity index (χ3n) is 5.80. The van der Waals surface area contributed by atoms with Crippen LogP contribution in [0.15, 0.2) is 77.4 Å². The molecule has 9 heteroatoms. The Balaban J connectivity index is 1.33. The second-order valence-electron chi connectivity index (χ2n) is 7.97. The molecular weight excluding hydrogens is 450 g/mol. The van der Waals surface area contributed by atoms with Crippen molar-refractivity contribution in [2.24, 2.45) is 0 Å². The first kappa shape index (κ1) is 23.7. The van der Waals surface area contributed by atoms with Crippen LogP contribution < -0.4 is 4.90 Å². The number of para-hydroxylation sites is 1. The molecule has 4 rings (SSSR count). The second-order valence-corrected chi connectivity index (χ2v) is 7.97. The van der Waals surface area contributed by atoms with Gasteiger partial charge in [-0.2, -0.15) is 0 Å². The molecule has 0 N–H and O–H groups in total. The van der Waals surface area contributed by atoms with Crippen LogP contribution >= 0.6 is 0 Å². The van der Waals surface area contributed by atoms with Crippen LogP contribution in [0.2, 0.25) is 0 Å². The number of rotatable bonds is 6. The largest absolute Gasteiger partial charge is 0.459 e. The van der Waals surface area contributed by atoms with E-state index in [4.69, 9.17) is 9.15 Å². The Morgan fingerprint density at radius 3 is 2.11 bits per heavy atom. The average Bonchev–Trinajstić information content (AvgIpc) is 3.46. The molecule has 2 aromatic carbocycles. The fourth-order valence-electron chi connectivity index (χ4n) is 3.81. The number of anilines is 1. The van der Waals surface area contributed by atoms with Gasteiger partial charge in [0.15, 0.2) is 12.4 Å². The van der Waals surface area contributed by atoms with Crippen molar-refractivity contribution in [3.63, 3.8) is 0 Å². The van der Waals surface area contributed by atoms with Gasteiger partial charge in [0.1, 0.15) is 0 Å². The van der Waals surface area contributed by atoms with Crippen molar-refractivity contribution in [1.82, 2.24) is 9.80 Å². The summed E-state index contributed by atoms with van der Waals surface area (Å²) in [7, 11) is 1.62. The van der Waals surface area contributed by atoms with Gasteiger partial charge in [0.2, 0.25) is 0 Å². The molecule has 0 bridgehead atoms. The number of nitrogens with zero attached hydrogens (tertiary/aromatic N) is 3. The Hall–Kier alpha value is -4.40. The topological polar surface area (TPSA) is 100 Å². The summed E-state index contributed by atoms with van der Waals surface area (Å²) in [6.45, 7) is 0.881. The van der Waals surface area contributed by atoms with E-state index >= 15 is 0 Å². The first-order chi connectivity index (χ1) is 17.0. The van der Waals surface area contributed by atoms with E-state index in [0.29, 0.717) is 31.9 Å². The lowest BCUT2D eigenvalue weighted by Crippen LogP contribution is -2.51. The van der Waals surface area contributed by atoms with Crippen molar-refractivity contribution in [2.75, 3.05) is 44.7 Å². The molecule has 0 unspecified atom stereocenters. The van der Waals surface area contributed by atoms with Crippen LogP contribution in [0.1, 0.15) is 31.3 Å². The normalized spacial score (nSPS) is 13.3. The van der Waals surface area contributed by atoms with Gasteiger partial charge in [-0.05, 0) is 36.4 Å². The van der Waals surface area contributed by atoms with Crippen LogP contribution in [0.4, 0.5) is 5.69 Å². The molecule has 9 nitrogen and oxygen atoms in total. The molecule has 0 aliphatic carbocycles. The minimum Gasteiger partial charge on any atom is -0.459 e. The Kier molecular flexibility index (Phi) is 7.25. The van der Waals surface area contributed by atoms with E-state index in [9.17, 15) is 19.2 Å². The highest BCUT2D eigenvalue weighted by atomic mass is 16.5. The van der Waals surface area contributed by atoms with Crippen LogP contribution in [-0.4, -0.2) is 73.3 Å². The lowest BCUT2D eigenvalue weighted by Gasteiger charge is -2.34. The summed E-state index contributed by atoms with van der Waals surface area (Å²) in [5.74, 6) is -1.46. The summed E-state index contributed by atoms with van der Waals surface area (Å²) in [5, 5.41) is 0. The molecule has 180 valence electrons. The van der Waals surface area contributed by atoms with Gasteiger partial charge in [-0.25, -0.2) is 4.79 Å². The van der Waals surface area contributed by atoms with Crippen molar-refractivity contribution in [2.45, 2.75) is 0 Å².